The van der Waals surface area contributed by atoms with E-state index in [1.54, 1.807) is 0 Å². The molecule has 0 aliphatic carbocycles. The van der Waals surface area contributed by atoms with E-state index in [1.807, 2.05) is 0 Å². The van der Waals surface area contributed by atoms with Crippen LogP contribution in [0.5, 0.6) is 0 Å². The molecule has 0 aliphatic rings. The molecule has 0 atom stereocenters. The van der Waals surface area contributed by atoms with Crippen LogP contribution in [-0.2, 0) is 10.0 Å². The molecule has 0 spiro atoms. The molecule has 7 nitrogen and oxygen atoms in total. The maximum atomic E-state index is 12.3. The van der Waals surface area contributed by atoms with E-state index in [1.165, 1.54) is 0 Å². The maximum Gasteiger partial charge on any atom is 0.402 e. The van der Waals surface area contributed by atoms with Crippen molar-refractivity contribution >= 4 is 27.3 Å². The number of aliphatic hydroxyl groups is 1. The molecule has 1 heterocycles. The van der Waals surface area contributed by atoms with Gasteiger partial charge in [-0.05, 0) is 0 Å². The van der Waals surface area contributed by atoms with Crippen LogP contribution < -0.4 is 0 Å². The van der Waals surface area contributed by atoms with Crippen LogP contribution in [0.2, 0.25) is 0 Å². The van der Waals surface area contributed by atoms with Crippen molar-refractivity contribution in [2.45, 2.75) is 10.4 Å². The summed E-state index contributed by atoms with van der Waals surface area (Å²) in [6.45, 7) is -3.47. The summed E-state index contributed by atoms with van der Waals surface area (Å²) in [7, 11) is -4.70. The molecule has 0 aliphatic heterocycles. The molecule has 114 valence electrons. The summed E-state index contributed by atoms with van der Waals surface area (Å²) in [5, 5.41) is 17.4. The first-order valence-corrected chi connectivity index (χ1v) is 7.26. The van der Waals surface area contributed by atoms with E-state index >= 15 is 0 Å². The Hall–Kier alpha value is -1.24. The minimum Gasteiger partial charge on any atom is -0.476 e. The zero-order valence-corrected chi connectivity index (χ0v) is 11.3. The van der Waals surface area contributed by atoms with Crippen LogP contribution in [0.1, 0.15) is 10.5 Å². The molecule has 12 heteroatoms. The highest BCUT2D eigenvalue weighted by molar-refractivity contribution is 7.91. The van der Waals surface area contributed by atoms with Crippen LogP contribution in [0.15, 0.2) is 9.72 Å². The normalized spacial score (nSPS) is 12.8. The van der Waals surface area contributed by atoms with Gasteiger partial charge in [-0.15, -0.1) is 11.3 Å². The number of carboxylic acid groups (broad SMARTS) is 1. The molecule has 20 heavy (non-hydrogen) atoms. The number of aromatic nitrogens is 1. The van der Waals surface area contributed by atoms with Gasteiger partial charge in [0.1, 0.15) is 6.54 Å². The Morgan fingerprint density at radius 1 is 1.45 bits per heavy atom. The third-order valence-electron chi connectivity index (χ3n) is 2.02. The second-order valence-electron chi connectivity index (χ2n) is 3.47. The predicted octanol–water partition coefficient (Wildman–Crippen LogP) is 0.387. The standard InChI is InChI=1S/C8H9F3N2O5S2/c9-8(10,11)3-13(1-2-14)20(17,18)7-5(6(15)16)12-4-19-7/h4,14H,1-3H2,(H,15,16). The van der Waals surface area contributed by atoms with E-state index in [9.17, 15) is 26.4 Å². The van der Waals surface area contributed by atoms with Gasteiger partial charge in [-0.1, -0.05) is 0 Å². The smallest absolute Gasteiger partial charge is 0.402 e. The average Bonchev–Trinajstić information content (AvgIpc) is 2.76. The van der Waals surface area contributed by atoms with Crippen molar-refractivity contribution < 1.29 is 36.6 Å². The zero-order valence-electron chi connectivity index (χ0n) is 9.66. The molecule has 0 saturated carbocycles. The summed E-state index contributed by atoms with van der Waals surface area (Å²) in [5.74, 6) is -1.67. The minimum absolute atomic E-state index is 0.0348. The van der Waals surface area contributed by atoms with E-state index in [-0.39, 0.29) is 4.31 Å². The van der Waals surface area contributed by atoms with Crippen LogP contribution in [0.4, 0.5) is 13.2 Å². The van der Waals surface area contributed by atoms with Gasteiger partial charge >= 0.3 is 12.1 Å². The number of thiazole rings is 1. The molecule has 1 rings (SSSR count). The van der Waals surface area contributed by atoms with Crippen molar-refractivity contribution in [2.24, 2.45) is 0 Å². The summed E-state index contributed by atoms with van der Waals surface area (Å²) in [4.78, 5) is 14.1. The molecule has 0 radical (unpaired) electrons. The topological polar surface area (TPSA) is 108 Å². The van der Waals surface area contributed by atoms with Crippen molar-refractivity contribution in [1.29, 1.82) is 0 Å². The highest BCUT2D eigenvalue weighted by atomic mass is 32.2. The average molecular weight is 334 g/mol. The Labute approximate surface area is 115 Å². The molecule has 0 amide bonds. The number of carbonyl (C=O) groups is 1. The summed E-state index contributed by atoms with van der Waals surface area (Å²) >= 11 is 0.394. The Morgan fingerprint density at radius 3 is 2.50 bits per heavy atom. The first kappa shape index (κ1) is 16.8. The van der Waals surface area contributed by atoms with Crippen molar-refractivity contribution in [2.75, 3.05) is 19.7 Å². The summed E-state index contributed by atoms with van der Waals surface area (Å²) in [5.41, 5.74) is 0.0567. The lowest BCUT2D eigenvalue weighted by Crippen LogP contribution is -2.40. The highest BCUT2D eigenvalue weighted by Gasteiger charge is 2.39. The molecule has 0 unspecified atom stereocenters. The fourth-order valence-electron chi connectivity index (χ4n) is 1.27. The molecule has 0 saturated heterocycles. The van der Waals surface area contributed by atoms with E-state index in [4.69, 9.17) is 10.2 Å². The zero-order chi connectivity index (χ0) is 15.6. The fourth-order valence-corrected chi connectivity index (χ4v) is 3.97. The van der Waals surface area contributed by atoms with Crippen molar-refractivity contribution in [3.8, 4) is 0 Å². The van der Waals surface area contributed by atoms with Gasteiger partial charge in [-0.25, -0.2) is 18.2 Å². The number of rotatable bonds is 6. The van der Waals surface area contributed by atoms with Gasteiger partial charge in [0, 0.05) is 6.54 Å². The van der Waals surface area contributed by atoms with Crippen molar-refractivity contribution in [3.05, 3.63) is 11.2 Å². The lowest BCUT2D eigenvalue weighted by Gasteiger charge is -2.21. The van der Waals surface area contributed by atoms with E-state index < -0.39 is 51.8 Å². The molecule has 0 fully saturated rings. The number of halogens is 3. The molecular weight excluding hydrogens is 325 g/mol. The fraction of sp³-hybridized carbons (Fsp3) is 0.500. The van der Waals surface area contributed by atoms with Crippen LogP contribution in [-0.4, -0.2) is 59.8 Å². The second-order valence-corrected chi connectivity index (χ2v) is 6.46. The van der Waals surface area contributed by atoms with Gasteiger partial charge in [0.2, 0.25) is 0 Å². The number of aliphatic hydroxyl groups excluding tert-OH is 1. The second kappa shape index (κ2) is 6.03. The third kappa shape index (κ3) is 3.88. The Bertz CT molecular complexity index is 583. The predicted molar refractivity (Wildman–Crippen MR) is 61.0 cm³/mol. The summed E-state index contributed by atoms with van der Waals surface area (Å²) in [6, 6.07) is 0. The Balaban J connectivity index is 3.23. The van der Waals surface area contributed by atoms with Crippen LogP contribution in [0.25, 0.3) is 0 Å². The van der Waals surface area contributed by atoms with Crippen LogP contribution in [0, 0.1) is 0 Å². The monoisotopic (exact) mass is 334 g/mol. The molecule has 2 N–H and O–H groups in total. The molecule has 0 bridgehead atoms. The lowest BCUT2D eigenvalue weighted by atomic mass is 10.5. The summed E-state index contributed by atoms with van der Waals surface area (Å²) < 4.78 is 60.2. The number of hydrogen-bond donors (Lipinski definition) is 2. The van der Waals surface area contributed by atoms with Crippen molar-refractivity contribution in [3.63, 3.8) is 0 Å². The van der Waals surface area contributed by atoms with E-state index in [2.05, 4.69) is 4.98 Å². The molecule has 0 aromatic carbocycles. The number of alkyl halides is 3. The Morgan fingerprint density at radius 2 is 2.05 bits per heavy atom. The SMILES string of the molecule is O=C(O)c1ncsc1S(=O)(=O)N(CCO)CC(F)(F)F. The van der Waals surface area contributed by atoms with Gasteiger partial charge in [-0.2, -0.15) is 17.5 Å². The molecule has 1 aromatic heterocycles. The number of sulfonamides is 1. The van der Waals surface area contributed by atoms with Gasteiger partial charge in [0.05, 0.1) is 12.1 Å². The quantitative estimate of drug-likeness (QED) is 0.779. The highest BCUT2D eigenvalue weighted by Crippen LogP contribution is 2.27. The van der Waals surface area contributed by atoms with Crippen LogP contribution >= 0.6 is 11.3 Å². The number of aromatic carboxylic acids is 1. The number of hydrogen-bond acceptors (Lipinski definition) is 6. The number of carboxylic acids is 1. The largest absolute Gasteiger partial charge is 0.476 e. The first-order valence-electron chi connectivity index (χ1n) is 4.94. The van der Waals surface area contributed by atoms with Gasteiger partial charge in [0.25, 0.3) is 10.0 Å². The maximum absolute atomic E-state index is 12.3. The van der Waals surface area contributed by atoms with Gasteiger partial charge < -0.3 is 10.2 Å². The minimum atomic E-state index is -4.82. The van der Waals surface area contributed by atoms with Crippen molar-refractivity contribution in [1.82, 2.24) is 9.29 Å². The van der Waals surface area contributed by atoms with Gasteiger partial charge in [0.15, 0.2) is 9.90 Å². The van der Waals surface area contributed by atoms with Crippen LogP contribution in [0.3, 0.4) is 0 Å². The summed E-state index contributed by atoms with van der Waals surface area (Å²) in [6.07, 6.45) is -4.82. The number of nitrogens with zero attached hydrogens (tertiary/aromatic N) is 2. The van der Waals surface area contributed by atoms with Gasteiger partial charge in [-0.3, -0.25) is 0 Å². The van der Waals surface area contributed by atoms with E-state index in [0.717, 1.165) is 5.51 Å². The Kier molecular flexibility index (Phi) is 5.07. The third-order valence-corrected chi connectivity index (χ3v) is 5.21. The lowest BCUT2D eigenvalue weighted by molar-refractivity contribution is -0.136. The molecular formula is C8H9F3N2O5S2. The van der Waals surface area contributed by atoms with E-state index in [0.29, 0.717) is 11.3 Å². The first-order chi connectivity index (χ1) is 9.09. The molecule has 1 aromatic rings.